The van der Waals surface area contributed by atoms with E-state index in [1.54, 1.807) is 80.9 Å². The van der Waals surface area contributed by atoms with Crippen molar-refractivity contribution >= 4 is 16.8 Å². The van der Waals surface area contributed by atoms with E-state index in [1.165, 1.54) is 6.26 Å². The summed E-state index contributed by atoms with van der Waals surface area (Å²) in [6, 6.07) is 18.4. The molecule has 1 heterocycles. The van der Waals surface area contributed by atoms with Crippen molar-refractivity contribution in [3.8, 4) is 28.7 Å². The highest BCUT2D eigenvalue weighted by Gasteiger charge is 2.12. The van der Waals surface area contributed by atoms with Crippen molar-refractivity contribution in [3.63, 3.8) is 0 Å². The number of Topliss-reactive ketones (excluding diaryl/α,β-unsaturated/α-hetero) is 1. The maximum atomic E-state index is 12.8. The quantitative estimate of drug-likeness (QED) is 0.368. The van der Waals surface area contributed by atoms with Crippen LogP contribution in [0.2, 0.25) is 0 Å². The first-order valence-corrected chi connectivity index (χ1v) is 9.75. The van der Waals surface area contributed by atoms with E-state index >= 15 is 0 Å². The first-order chi connectivity index (χ1) is 15.6. The second kappa shape index (κ2) is 9.26. The second-order valence-electron chi connectivity index (χ2n) is 6.81. The molecule has 0 atom stereocenters. The summed E-state index contributed by atoms with van der Waals surface area (Å²) in [5.74, 6) is 2.00. The van der Waals surface area contributed by atoms with Gasteiger partial charge >= 0.3 is 0 Å². The monoisotopic (exact) mass is 432 g/mol. The zero-order valence-corrected chi connectivity index (χ0v) is 17.5. The summed E-state index contributed by atoms with van der Waals surface area (Å²) in [6.07, 6.45) is 1.25. The summed E-state index contributed by atoms with van der Waals surface area (Å²) in [7, 11) is 3.11. The molecule has 0 aliphatic carbocycles. The van der Waals surface area contributed by atoms with Crippen LogP contribution in [-0.4, -0.2) is 26.6 Å². The van der Waals surface area contributed by atoms with Gasteiger partial charge in [0.15, 0.2) is 12.4 Å². The average molecular weight is 432 g/mol. The Morgan fingerprint density at radius 1 is 0.844 bits per heavy atom. The number of hydrogen-bond donors (Lipinski definition) is 0. The van der Waals surface area contributed by atoms with Gasteiger partial charge in [0.2, 0.25) is 11.2 Å². The highest BCUT2D eigenvalue weighted by atomic mass is 16.5. The summed E-state index contributed by atoms with van der Waals surface area (Å²) in [4.78, 5) is 25.1. The number of ketones is 1. The van der Waals surface area contributed by atoms with Gasteiger partial charge in [0.25, 0.3) is 0 Å². The molecule has 0 radical (unpaired) electrons. The fourth-order valence-corrected chi connectivity index (χ4v) is 3.05. The Morgan fingerprint density at radius 2 is 1.56 bits per heavy atom. The predicted octanol–water partition coefficient (Wildman–Crippen LogP) is 4.86. The van der Waals surface area contributed by atoms with Gasteiger partial charge in [-0.05, 0) is 48.5 Å². The smallest absolute Gasteiger partial charge is 0.235 e. The first kappa shape index (κ1) is 21.0. The fraction of sp³-hybridized carbons (Fsp3) is 0.120. The van der Waals surface area contributed by atoms with E-state index in [-0.39, 0.29) is 23.6 Å². The molecule has 0 saturated heterocycles. The Balaban J connectivity index is 1.48. The van der Waals surface area contributed by atoms with Crippen LogP contribution in [0.1, 0.15) is 10.4 Å². The van der Waals surface area contributed by atoms with Crippen LogP contribution in [0.15, 0.2) is 82.2 Å². The summed E-state index contributed by atoms with van der Waals surface area (Å²) in [6.45, 7) is -0.154. The molecule has 0 unspecified atom stereocenters. The molecule has 0 spiro atoms. The van der Waals surface area contributed by atoms with Crippen molar-refractivity contribution in [2.45, 2.75) is 0 Å². The standard InChI is InChI=1S/C25H20O7/c1-28-17-8-6-16(7-9-17)22(26)14-30-19-10-11-21-23(13-19)31-15-24(25(21)27)32-20-5-3-4-18(12-20)29-2/h3-13,15H,14H2,1-2H3. The molecule has 0 N–H and O–H groups in total. The fourth-order valence-electron chi connectivity index (χ4n) is 3.05. The number of benzene rings is 3. The number of carbonyl (C=O) groups excluding carboxylic acids is 1. The highest BCUT2D eigenvalue weighted by molar-refractivity contribution is 5.97. The lowest BCUT2D eigenvalue weighted by Gasteiger charge is -2.09. The summed E-state index contributed by atoms with van der Waals surface area (Å²) in [5, 5.41) is 0.333. The number of hydrogen-bond acceptors (Lipinski definition) is 7. The third-order valence-electron chi connectivity index (χ3n) is 4.77. The zero-order chi connectivity index (χ0) is 22.5. The van der Waals surface area contributed by atoms with Crippen LogP contribution in [0.5, 0.6) is 28.7 Å². The van der Waals surface area contributed by atoms with E-state index in [2.05, 4.69) is 0 Å². The maximum Gasteiger partial charge on any atom is 0.235 e. The molecule has 7 nitrogen and oxygen atoms in total. The van der Waals surface area contributed by atoms with E-state index < -0.39 is 0 Å². The number of rotatable bonds is 8. The molecule has 4 rings (SSSR count). The molecule has 0 fully saturated rings. The molecule has 0 aliphatic rings. The van der Waals surface area contributed by atoms with E-state index in [9.17, 15) is 9.59 Å². The van der Waals surface area contributed by atoms with Crippen LogP contribution >= 0.6 is 0 Å². The average Bonchev–Trinajstić information content (AvgIpc) is 2.84. The van der Waals surface area contributed by atoms with Gasteiger partial charge in [-0.1, -0.05) is 6.07 Å². The van der Waals surface area contributed by atoms with Crippen LogP contribution in [0.3, 0.4) is 0 Å². The van der Waals surface area contributed by atoms with E-state index in [0.29, 0.717) is 39.5 Å². The summed E-state index contributed by atoms with van der Waals surface area (Å²) >= 11 is 0. The number of carbonyl (C=O) groups is 1. The molecule has 7 heteroatoms. The zero-order valence-electron chi connectivity index (χ0n) is 17.5. The molecular weight excluding hydrogens is 412 g/mol. The van der Waals surface area contributed by atoms with Gasteiger partial charge < -0.3 is 23.4 Å². The Bertz CT molecular complexity index is 1310. The molecule has 0 saturated carbocycles. The lowest BCUT2D eigenvalue weighted by atomic mass is 10.1. The van der Waals surface area contributed by atoms with E-state index in [0.717, 1.165) is 0 Å². The Kier molecular flexibility index (Phi) is 6.07. The summed E-state index contributed by atoms with van der Waals surface area (Å²) < 4.78 is 27.1. The van der Waals surface area contributed by atoms with Gasteiger partial charge in [0, 0.05) is 17.7 Å². The number of methoxy groups -OCH3 is 2. The normalized spacial score (nSPS) is 10.6. The molecule has 3 aromatic carbocycles. The maximum absolute atomic E-state index is 12.8. The molecule has 1 aromatic heterocycles. The van der Waals surface area contributed by atoms with Crippen LogP contribution in [0.25, 0.3) is 11.0 Å². The minimum Gasteiger partial charge on any atom is -0.497 e. The number of ether oxygens (including phenoxy) is 4. The Morgan fingerprint density at radius 3 is 2.31 bits per heavy atom. The topological polar surface area (TPSA) is 84.2 Å². The van der Waals surface area contributed by atoms with Crippen molar-refractivity contribution in [1.82, 2.24) is 0 Å². The molecule has 0 amide bonds. The molecule has 0 bridgehead atoms. The van der Waals surface area contributed by atoms with E-state index in [4.69, 9.17) is 23.4 Å². The van der Waals surface area contributed by atoms with Gasteiger partial charge in [-0.25, -0.2) is 0 Å². The minimum atomic E-state index is -0.324. The molecular formula is C25H20O7. The van der Waals surface area contributed by atoms with Crippen LogP contribution in [0, 0.1) is 0 Å². The molecule has 0 aliphatic heterocycles. The predicted molar refractivity (Wildman–Crippen MR) is 118 cm³/mol. The first-order valence-electron chi connectivity index (χ1n) is 9.75. The van der Waals surface area contributed by atoms with Crippen molar-refractivity contribution in [1.29, 1.82) is 0 Å². The van der Waals surface area contributed by atoms with Gasteiger partial charge in [0.05, 0.1) is 19.6 Å². The molecule has 32 heavy (non-hydrogen) atoms. The van der Waals surface area contributed by atoms with Crippen molar-refractivity contribution in [3.05, 3.63) is 88.8 Å². The van der Waals surface area contributed by atoms with Crippen molar-refractivity contribution < 1.29 is 28.2 Å². The second-order valence-corrected chi connectivity index (χ2v) is 6.81. The SMILES string of the molecule is COc1ccc(C(=O)COc2ccc3c(=O)c(Oc4cccc(OC)c4)coc3c2)cc1. The largest absolute Gasteiger partial charge is 0.497 e. The Hall–Kier alpha value is -4.26. The third kappa shape index (κ3) is 4.57. The Labute approximate surface area is 183 Å². The van der Waals surface area contributed by atoms with Gasteiger partial charge in [-0.2, -0.15) is 0 Å². The molecule has 162 valence electrons. The lowest BCUT2D eigenvalue weighted by Crippen LogP contribution is -2.11. The van der Waals surface area contributed by atoms with Gasteiger partial charge in [-0.15, -0.1) is 0 Å². The third-order valence-corrected chi connectivity index (χ3v) is 4.77. The van der Waals surface area contributed by atoms with Crippen LogP contribution in [-0.2, 0) is 0 Å². The highest BCUT2D eigenvalue weighted by Crippen LogP contribution is 2.26. The van der Waals surface area contributed by atoms with Gasteiger partial charge in [0.1, 0.15) is 34.8 Å². The van der Waals surface area contributed by atoms with Crippen LogP contribution in [0.4, 0.5) is 0 Å². The summed E-state index contributed by atoms with van der Waals surface area (Å²) in [5.41, 5.74) is 0.509. The van der Waals surface area contributed by atoms with E-state index in [1.807, 2.05) is 0 Å². The van der Waals surface area contributed by atoms with Crippen molar-refractivity contribution in [2.24, 2.45) is 0 Å². The van der Waals surface area contributed by atoms with Crippen molar-refractivity contribution in [2.75, 3.05) is 20.8 Å². The van der Waals surface area contributed by atoms with Crippen LogP contribution < -0.4 is 24.4 Å². The number of fused-ring (bicyclic) bond motifs is 1. The molecule has 4 aromatic rings. The van der Waals surface area contributed by atoms with Gasteiger partial charge in [-0.3, -0.25) is 9.59 Å². The lowest BCUT2D eigenvalue weighted by molar-refractivity contribution is 0.0921. The minimum absolute atomic E-state index is 0.0501.